The number of thiophene rings is 1. The van der Waals surface area contributed by atoms with E-state index in [0.717, 1.165) is 37.5 Å². The van der Waals surface area contributed by atoms with Crippen LogP contribution >= 0.6 is 36.2 Å². The lowest BCUT2D eigenvalue weighted by Crippen LogP contribution is -2.46. The number of hydrogen-bond donors (Lipinski definition) is 2. The van der Waals surface area contributed by atoms with Crippen LogP contribution in [0.2, 0.25) is 0 Å². The van der Waals surface area contributed by atoms with E-state index in [-0.39, 0.29) is 39.6 Å². The summed E-state index contributed by atoms with van der Waals surface area (Å²) in [5, 5.41) is 3.24. The fourth-order valence-electron chi connectivity index (χ4n) is 2.23. The maximum atomic E-state index is 12.4. The van der Waals surface area contributed by atoms with Gasteiger partial charge in [-0.15, -0.1) is 36.2 Å². The fraction of sp³-hybridized carbons (Fsp3) is 0.615. The molecule has 1 aromatic heterocycles. The molecular formula is C13H23Cl2N3O5S2. The molecule has 0 bridgehead atoms. The summed E-state index contributed by atoms with van der Waals surface area (Å²) in [5.74, 6) is -0.444. The predicted molar refractivity (Wildman–Crippen MR) is 101 cm³/mol. The van der Waals surface area contributed by atoms with Gasteiger partial charge in [-0.1, -0.05) is 0 Å². The lowest BCUT2D eigenvalue weighted by atomic mass is 10.3. The number of esters is 1. The molecule has 1 aliphatic heterocycles. The summed E-state index contributed by atoms with van der Waals surface area (Å²) in [6, 6.07) is 1.38. The molecule has 8 nitrogen and oxygen atoms in total. The fourth-order valence-corrected chi connectivity index (χ4v) is 4.79. The van der Waals surface area contributed by atoms with E-state index in [1.165, 1.54) is 20.3 Å². The number of hydrogen-bond acceptors (Lipinski definition) is 8. The molecule has 1 fully saturated rings. The highest BCUT2D eigenvalue weighted by Gasteiger charge is 2.26. The Morgan fingerprint density at radius 3 is 2.52 bits per heavy atom. The van der Waals surface area contributed by atoms with Gasteiger partial charge in [0.2, 0.25) is 0 Å². The quantitative estimate of drug-likeness (QED) is 0.604. The number of carbonyl (C=O) groups is 1. The van der Waals surface area contributed by atoms with Crippen LogP contribution in [-0.2, 0) is 14.8 Å². The lowest BCUT2D eigenvalue weighted by molar-refractivity contribution is 0.0606. The van der Waals surface area contributed by atoms with E-state index in [0.29, 0.717) is 13.1 Å². The van der Waals surface area contributed by atoms with E-state index in [4.69, 9.17) is 4.74 Å². The van der Waals surface area contributed by atoms with Gasteiger partial charge in [-0.2, -0.15) is 0 Å². The summed E-state index contributed by atoms with van der Waals surface area (Å²) in [6.07, 6.45) is 0. The van der Waals surface area contributed by atoms with Crippen molar-refractivity contribution in [1.29, 1.82) is 0 Å². The summed E-state index contributed by atoms with van der Waals surface area (Å²) >= 11 is 0.836. The SMILES string of the molecule is COC(=O)c1cc(OC)c(S(=O)(=O)NCCN2CCNCC2)s1.Cl.Cl. The Morgan fingerprint density at radius 1 is 1.32 bits per heavy atom. The maximum absolute atomic E-state index is 12.4. The number of ether oxygens (including phenoxy) is 2. The second-order valence-corrected chi connectivity index (χ2v) is 7.96. The number of methoxy groups -OCH3 is 2. The number of piperazine rings is 1. The van der Waals surface area contributed by atoms with E-state index < -0.39 is 16.0 Å². The van der Waals surface area contributed by atoms with E-state index in [1.54, 1.807) is 0 Å². The zero-order chi connectivity index (χ0) is 16.9. The minimum absolute atomic E-state index is 0. The van der Waals surface area contributed by atoms with Crippen molar-refractivity contribution in [3.8, 4) is 5.75 Å². The van der Waals surface area contributed by atoms with E-state index in [9.17, 15) is 13.2 Å². The van der Waals surface area contributed by atoms with E-state index in [1.807, 2.05) is 0 Å². The lowest BCUT2D eigenvalue weighted by Gasteiger charge is -2.26. The second-order valence-electron chi connectivity index (χ2n) is 4.95. The maximum Gasteiger partial charge on any atom is 0.348 e. The number of nitrogens with one attached hydrogen (secondary N) is 2. The third kappa shape index (κ3) is 6.55. The largest absolute Gasteiger partial charge is 0.494 e. The smallest absolute Gasteiger partial charge is 0.348 e. The van der Waals surface area contributed by atoms with Gasteiger partial charge in [0, 0.05) is 45.3 Å². The highest BCUT2D eigenvalue weighted by atomic mass is 35.5. The van der Waals surface area contributed by atoms with Gasteiger partial charge in [-0.3, -0.25) is 4.90 Å². The van der Waals surface area contributed by atoms with Gasteiger partial charge < -0.3 is 14.8 Å². The molecular weight excluding hydrogens is 413 g/mol. The van der Waals surface area contributed by atoms with Crippen LogP contribution in [0.5, 0.6) is 5.75 Å². The molecule has 2 heterocycles. The average Bonchev–Trinajstić information content (AvgIpc) is 3.00. The highest BCUT2D eigenvalue weighted by Crippen LogP contribution is 2.33. The van der Waals surface area contributed by atoms with Gasteiger partial charge in [0.05, 0.1) is 14.2 Å². The Bertz CT molecular complexity index is 648. The first-order valence-electron chi connectivity index (χ1n) is 7.17. The molecule has 0 radical (unpaired) electrons. The van der Waals surface area contributed by atoms with Crippen molar-refractivity contribution in [2.45, 2.75) is 4.21 Å². The Morgan fingerprint density at radius 2 is 1.96 bits per heavy atom. The van der Waals surface area contributed by atoms with Crippen LogP contribution in [0.3, 0.4) is 0 Å². The van der Waals surface area contributed by atoms with Crippen molar-refractivity contribution < 1.29 is 22.7 Å². The molecule has 0 atom stereocenters. The molecule has 146 valence electrons. The number of halogens is 2. The van der Waals surface area contributed by atoms with Crippen molar-refractivity contribution >= 4 is 52.1 Å². The van der Waals surface area contributed by atoms with E-state index >= 15 is 0 Å². The Kier molecular flexibility index (Phi) is 10.9. The second kappa shape index (κ2) is 11.2. The molecule has 0 spiro atoms. The van der Waals surface area contributed by atoms with Crippen LogP contribution in [0.4, 0.5) is 0 Å². The molecule has 1 aromatic rings. The van der Waals surface area contributed by atoms with Gasteiger partial charge in [0.25, 0.3) is 10.0 Å². The number of nitrogens with zero attached hydrogens (tertiary/aromatic N) is 1. The number of carbonyl (C=O) groups excluding carboxylic acids is 1. The summed E-state index contributed by atoms with van der Waals surface area (Å²) in [5.41, 5.74) is 0. The van der Waals surface area contributed by atoms with Gasteiger partial charge in [0.1, 0.15) is 4.88 Å². The molecule has 2 N–H and O–H groups in total. The molecule has 2 rings (SSSR count). The summed E-state index contributed by atoms with van der Waals surface area (Å²) in [4.78, 5) is 13.9. The topological polar surface area (TPSA) is 97.0 Å². The molecule has 1 aliphatic rings. The molecule has 0 aromatic carbocycles. The molecule has 0 amide bonds. The number of rotatable bonds is 7. The minimum Gasteiger partial charge on any atom is -0.494 e. The standard InChI is InChI=1S/C13H21N3O5S2.2ClH/c1-20-10-9-11(12(17)21-2)22-13(10)23(18,19)15-5-8-16-6-3-14-4-7-16;;/h9,14-15H,3-8H2,1-2H3;2*1H. The first-order valence-corrected chi connectivity index (χ1v) is 9.47. The van der Waals surface area contributed by atoms with Gasteiger partial charge in [-0.05, 0) is 0 Å². The molecule has 25 heavy (non-hydrogen) atoms. The van der Waals surface area contributed by atoms with Crippen molar-refractivity contribution in [1.82, 2.24) is 14.9 Å². The third-order valence-electron chi connectivity index (χ3n) is 3.45. The van der Waals surface area contributed by atoms with Crippen LogP contribution in [0.25, 0.3) is 0 Å². The normalized spacial score (nSPS) is 15.0. The number of sulfonamides is 1. The first kappa shape index (κ1) is 24.4. The Hall–Kier alpha value is -0.620. The average molecular weight is 436 g/mol. The van der Waals surface area contributed by atoms with Crippen LogP contribution in [0, 0.1) is 0 Å². The summed E-state index contributed by atoms with van der Waals surface area (Å²) < 4.78 is 37.0. The Labute approximate surface area is 164 Å². The zero-order valence-corrected chi connectivity index (χ0v) is 17.2. The first-order chi connectivity index (χ1) is 11.0. The van der Waals surface area contributed by atoms with Crippen LogP contribution in [0.15, 0.2) is 10.3 Å². The van der Waals surface area contributed by atoms with Gasteiger partial charge in [0.15, 0.2) is 9.96 Å². The summed E-state index contributed by atoms with van der Waals surface area (Å²) in [6.45, 7) is 4.56. The molecule has 0 aliphatic carbocycles. The Balaban J connectivity index is 0.00000288. The van der Waals surface area contributed by atoms with Crippen molar-refractivity contribution in [2.75, 3.05) is 53.5 Å². The van der Waals surface area contributed by atoms with Gasteiger partial charge >= 0.3 is 5.97 Å². The van der Waals surface area contributed by atoms with Crippen molar-refractivity contribution in [3.63, 3.8) is 0 Å². The van der Waals surface area contributed by atoms with E-state index in [2.05, 4.69) is 19.7 Å². The molecule has 0 saturated carbocycles. The third-order valence-corrected chi connectivity index (χ3v) is 6.52. The van der Waals surface area contributed by atoms with Crippen LogP contribution < -0.4 is 14.8 Å². The molecule has 0 unspecified atom stereocenters. The van der Waals surface area contributed by atoms with Crippen LogP contribution in [-0.4, -0.2) is 72.8 Å². The van der Waals surface area contributed by atoms with Crippen molar-refractivity contribution in [3.05, 3.63) is 10.9 Å². The van der Waals surface area contributed by atoms with Crippen molar-refractivity contribution in [2.24, 2.45) is 0 Å². The van der Waals surface area contributed by atoms with Gasteiger partial charge in [-0.25, -0.2) is 17.9 Å². The predicted octanol–water partition coefficient (Wildman–Crippen LogP) is 0.570. The zero-order valence-electron chi connectivity index (χ0n) is 13.9. The highest BCUT2D eigenvalue weighted by molar-refractivity contribution is 7.91. The molecule has 1 saturated heterocycles. The monoisotopic (exact) mass is 435 g/mol. The summed E-state index contributed by atoms with van der Waals surface area (Å²) in [7, 11) is -1.12. The minimum atomic E-state index is -3.73. The van der Waals surface area contributed by atoms with Crippen LogP contribution in [0.1, 0.15) is 9.67 Å². The molecule has 12 heteroatoms.